The van der Waals surface area contributed by atoms with Gasteiger partial charge in [-0.25, -0.2) is 0 Å². The molecule has 0 saturated carbocycles. The fourth-order valence-corrected chi connectivity index (χ4v) is 1.81. The molecule has 1 amide bonds. The van der Waals surface area contributed by atoms with E-state index in [-0.39, 0.29) is 13.1 Å². The Bertz CT molecular complexity index is 397. The molecule has 0 fully saturated rings. The molecule has 0 aromatic rings. The molecule has 6 heteroatoms. The highest BCUT2D eigenvalue weighted by atomic mass is 19.4. The van der Waals surface area contributed by atoms with Gasteiger partial charge in [0, 0.05) is 13.1 Å². The van der Waals surface area contributed by atoms with Gasteiger partial charge in [0.2, 0.25) is 5.60 Å². The summed E-state index contributed by atoms with van der Waals surface area (Å²) in [6.45, 7) is 6.07. The number of alkyl halides is 3. The second-order valence-corrected chi connectivity index (χ2v) is 4.56. The van der Waals surface area contributed by atoms with E-state index in [0.717, 1.165) is 16.0 Å². The number of halogens is 3. The van der Waals surface area contributed by atoms with Crippen molar-refractivity contribution >= 4 is 5.91 Å². The lowest BCUT2D eigenvalue weighted by Gasteiger charge is -2.35. The van der Waals surface area contributed by atoms with Crippen LogP contribution < -0.4 is 0 Å². The van der Waals surface area contributed by atoms with Gasteiger partial charge in [0.15, 0.2) is 0 Å². The molecule has 0 aromatic carbocycles. The van der Waals surface area contributed by atoms with E-state index in [1.807, 2.05) is 0 Å². The zero-order valence-corrected chi connectivity index (χ0v) is 10.3. The first-order valence-electron chi connectivity index (χ1n) is 5.50. The molecule has 0 saturated heterocycles. The Hall–Kier alpha value is -1.30. The molecule has 1 atom stereocenters. The van der Waals surface area contributed by atoms with Crippen LogP contribution in [0.25, 0.3) is 0 Å². The van der Waals surface area contributed by atoms with Crippen LogP contribution in [0.4, 0.5) is 13.2 Å². The van der Waals surface area contributed by atoms with Crippen molar-refractivity contribution in [1.82, 2.24) is 4.90 Å². The number of carbonyl (C=O) groups excluding carboxylic acids is 1. The summed E-state index contributed by atoms with van der Waals surface area (Å²) >= 11 is 0. The third kappa shape index (κ3) is 2.58. The van der Waals surface area contributed by atoms with E-state index in [0.29, 0.717) is 13.3 Å². The van der Waals surface area contributed by atoms with Crippen LogP contribution >= 0.6 is 0 Å². The average Bonchev–Trinajstić information content (AvgIpc) is 2.26. The van der Waals surface area contributed by atoms with Crippen LogP contribution in [0.15, 0.2) is 23.8 Å². The van der Waals surface area contributed by atoms with Gasteiger partial charge in [-0.15, -0.1) is 0 Å². The molecule has 1 N–H and O–H groups in total. The molecule has 0 aromatic heterocycles. The molecule has 0 bridgehead atoms. The largest absolute Gasteiger partial charge is 0.426 e. The van der Waals surface area contributed by atoms with E-state index < -0.39 is 17.7 Å². The fourth-order valence-electron chi connectivity index (χ4n) is 1.81. The lowest BCUT2D eigenvalue weighted by molar-refractivity contribution is -0.250. The van der Waals surface area contributed by atoms with Gasteiger partial charge in [-0.3, -0.25) is 4.79 Å². The van der Waals surface area contributed by atoms with Gasteiger partial charge in [-0.05, 0) is 25.8 Å². The predicted octanol–water partition coefficient (Wildman–Crippen LogP) is 2.03. The van der Waals surface area contributed by atoms with Crippen molar-refractivity contribution in [2.45, 2.75) is 32.0 Å². The molecular formula is C12H16F3NO2. The van der Waals surface area contributed by atoms with Gasteiger partial charge >= 0.3 is 6.18 Å². The summed E-state index contributed by atoms with van der Waals surface area (Å²) in [5.74, 6) is -1.31. The predicted molar refractivity (Wildman–Crippen MR) is 60.8 cm³/mol. The van der Waals surface area contributed by atoms with Gasteiger partial charge in [-0.2, -0.15) is 13.2 Å². The molecule has 1 heterocycles. The normalized spacial score (nSPS) is 20.7. The Kier molecular flexibility index (Phi) is 3.90. The number of amides is 1. The number of allylic oxidation sites excluding steroid dienone is 1. The molecule has 0 radical (unpaired) electrons. The average molecular weight is 263 g/mol. The minimum Gasteiger partial charge on any atom is -0.373 e. The van der Waals surface area contributed by atoms with Crippen molar-refractivity contribution in [2.24, 2.45) is 0 Å². The van der Waals surface area contributed by atoms with Crippen LogP contribution in [0.2, 0.25) is 0 Å². The summed E-state index contributed by atoms with van der Waals surface area (Å²) < 4.78 is 37.7. The van der Waals surface area contributed by atoms with Crippen molar-refractivity contribution in [1.29, 1.82) is 0 Å². The smallest absolute Gasteiger partial charge is 0.373 e. The van der Waals surface area contributed by atoms with Crippen LogP contribution in [-0.4, -0.2) is 40.8 Å². The van der Waals surface area contributed by atoms with Crippen molar-refractivity contribution in [2.75, 3.05) is 13.1 Å². The van der Waals surface area contributed by atoms with Gasteiger partial charge < -0.3 is 10.0 Å². The maximum Gasteiger partial charge on any atom is 0.426 e. The SMILES string of the molecule is C=CC1=C(C)CN(C(=O)[C@](C)(O)C(F)(F)F)CC1. The van der Waals surface area contributed by atoms with Gasteiger partial charge in [0.1, 0.15) is 0 Å². The maximum absolute atomic E-state index is 12.6. The molecule has 0 spiro atoms. The highest BCUT2D eigenvalue weighted by Gasteiger charge is 2.57. The summed E-state index contributed by atoms with van der Waals surface area (Å²) in [6.07, 6.45) is -2.88. The van der Waals surface area contributed by atoms with Crippen LogP contribution in [0, 0.1) is 0 Å². The maximum atomic E-state index is 12.6. The third-order valence-electron chi connectivity index (χ3n) is 3.13. The first kappa shape index (κ1) is 14.8. The summed E-state index contributed by atoms with van der Waals surface area (Å²) in [5.41, 5.74) is -1.60. The number of hydrogen-bond donors (Lipinski definition) is 1. The third-order valence-corrected chi connectivity index (χ3v) is 3.13. The summed E-state index contributed by atoms with van der Waals surface area (Å²) in [4.78, 5) is 12.7. The molecule has 102 valence electrons. The zero-order chi connectivity index (χ0) is 14.1. The van der Waals surface area contributed by atoms with E-state index in [1.54, 1.807) is 13.0 Å². The second kappa shape index (κ2) is 4.76. The molecule has 1 rings (SSSR count). The lowest BCUT2D eigenvalue weighted by Crippen LogP contribution is -2.57. The van der Waals surface area contributed by atoms with E-state index in [4.69, 9.17) is 0 Å². The van der Waals surface area contributed by atoms with Crippen LogP contribution in [0.1, 0.15) is 20.3 Å². The minimum atomic E-state index is -4.97. The van der Waals surface area contributed by atoms with E-state index >= 15 is 0 Å². The Balaban J connectivity index is 2.89. The van der Waals surface area contributed by atoms with Crippen molar-refractivity contribution in [3.05, 3.63) is 23.8 Å². The minimum absolute atomic E-state index is 0.0897. The molecule has 1 aliphatic heterocycles. The lowest BCUT2D eigenvalue weighted by atomic mass is 9.98. The summed E-state index contributed by atoms with van der Waals surface area (Å²) in [6, 6.07) is 0. The number of aliphatic hydroxyl groups is 1. The summed E-state index contributed by atoms with van der Waals surface area (Å²) in [5, 5.41) is 9.33. The number of carbonyl (C=O) groups is 1. The first-order valence-corrected chi connectivity index (χ1v) is 5.50. The molecule has 0 aliphatic carbocycles. The van der Waals surface area contributed by atoms with Gasteiger partial charge in [0.05, 0.1) is 0 Å². The molecule has 3 nitrogen and oxygen atoms in total. The van der Waals surface area contributed by atoms with Crippen LogP contribution in [0.3, 0.4) is 0 Å². The number of nitrogens with zero attached hydrogens (tertiary/aromatic N) is 1. The molecule has 18 heavy (non-hydrogen) atoms. The molecule has 1 aliphatic rings. The Morgan fingerprint density at radius 2 is 2.06 bits per heavy atom. The Labute approximate surface area is 104 Å². The van der Waals surface area contributed by atoms with E-state index in [2.05, 4.69) is 6.58 Å². The fraction of sp³-hybridized carbons (Fsp3) is 0.583. The second-order valence-electron chi connectivity index (χ2n) is 4.56. The highest BCUT2D eigenvalue weighted by molar-refractivity contribution is 5.86. The highest BCUT2D eigenvalue weighted by Crippen LogP contribution is 2.32. The van der Waals surface area contributed by atoms with Gasteiger partial charge in [0.25, 0.3) is 5.91 Å². The van der Waals surface area contributed by atoms with E-state index in [9.17, 15) is 23.1 Å². The first-order chi connectivity index (χ1) is 8.11. The standard InChI is InChI=1S/C12H16F3NO2/c1-4-9-5-6-16(7-8(9)2)10(17)11(3,18)12(13,14)15/h4,18H,1,5-7H2,2-3H3/t11-/m0/s1. The molecular weight excluding hydrogens is 247 g/mol. The topological polar surface area (TPSA) is 40.5 Å². The number of hydrogen-bond acceptors (Lipinski definition) is 2. The Morgan fingerprint density at radius 3 is 2.44 bits per heavy atom. The Morgan fingerprint density at radius 1 is 1.50 bits per heavy atom. The van der Waals surface area contributed by atoms with Crippen LogP contribution in [0.5, 0.6) is 0 Å². The quantitative estimate of drug-likeness (QED) is 0.828. The van der Waals surface area contributed by atoms with Crippen molar-refractivity contribution in [3.8, 4) is 0 Å². The zero-order valence-electron chi connectivity index (χ0n) is 10.3. The van der Waals surface area contributed by atoms with Crippen molar-refractivity contribution in [3.63, 3.8) is 0 Å². The van der Waals surface area contributed by atoms with Crippen molar-refractivity contribution < 1.29 is 23.1 Å². The summed E-state index contributed by atoms with van der Waals surface area (Å²) in [7, 11) is 0. The number of rotatable bonds is 2. The van der Waals surface area contributed by atoms with E-state index in [1.165, 1.54) is 0 Å². The van der Waals surface area contributed by atoms with Crippen LogP contribution in [-0.2, 0) is 4.79 Å². The monoisotopic (exact) mass is 263 g/mol. The molecule has 0 unspecified atom stereocenters. The van der Waals surface area contributed by atoms with Gasteiger partial charge in [-0.1, -0.05) is 18.2 Å².